The molecule has 1 aromatic carbocycles. The largest absolute Gasteiger partial charge is 0.508 e. The van der Waals surface area contributed by atoms with Gasteiger partial charge in [-0.05, 0) is 50.8 Å². The maximum atomic E-state index is 11.5. The van der Waals surface area contributed by atoms with Gasteiger partial charge in [0.1, 0.15) is 11.4 Å². The Hall–Kier alpha value is -2.01. The highest BCUT2D eigenvalue weighted by molar-refractivity contribution is 5.67. The van der Waals surface area contributed by atoms with Gasteiger partial charge in [-0.15, -0.1) is 0 Å². The van der Waals surface area contributed by atoms with Crippen LogP contribution < -0.4 is 10.6 Å². The Morgan fingerprint density at radius 2 is 2.09 bits per heavy atom. The van der Waals surface area contributed by atoms with E-state index in [4.69, 9.17) is 4.74 Å². The van der Waals surface area contributed by atoms with Crippen LogP contribution in [-0.2, 0) is 11.2 Å². The van der Waals surface area contributed by atoms with E-state index >= 15 is 0 Å². The summed E-state index contributed by atoms with van der Waals surface area (Å²) in [6.07, 6.45) is 5.38. The fourth-order valence-electron chi connectivity index (χ4n) is 2.68. The van der Waals surface area contributed by atoms with Crippen LogP contribution in [0.3, 0.4) is 0 Å². The van der Waals surface area contributed by atoms with Gasteiger partial charge in [0, 0.05) is 19.1 Å². The number of carbonyl (C=O) groups excluding carboxylic acids is 1. The minimum atomic E-state index is -0.475. The first-order chi connectivity index (χ1) is 10.9. The van der Waals surface area contributed by atoms with Crippen molar-refractivity contribution in [2.75, 3.05) is 13.1 Å². The van der Waals surface area contributed by atoms with E-state index in [1.165, 1.54) is 5.56 Å². The Bertz CT molecular complexity index is 576. The smallest absolute Gasteiger partial charge is 0.407 e. The third kappa shape index (κ3) is 5.28. The predicted octanol–water partition coefficient (Wildman–Crippen LogP) is 3.05. The lowest BCUT2D eigenvalue weighted by Gasteiger charge is -2.19. The van der Waals surface area contributed by atoms with Crippen molar-refractivity contribution in [1.82, 2.24) is 10.6 Å². The molecule has 1 aliphatic rings. The van der Waals surface area contributed by atoms with Crippen LogP contribution in [0.25, 0.3) is 0 Å². The van der Waals surface area contributed by atoms with Gasteiger partial charge < -0.3 is 20.5 Å². The number of nitrogens with one attached hydrogen (secondary N) is 2. The van der Waals surface area contributed by atoms with Crippen LogP contribution in [-0.4, -0.2) is 29.9 Å². The van der Waals surface area contributed by atoms with Crippen molar-refractivity contribution in [3.63, 3.8) is 0 Å². The molecule has 1 aromatic rings. The van der Waals surface area contributed by atoms with Crippen molar-refractivity contribution in [2.45, 2.75) is 45.3 Å². The number of amides is 1. The molecular weight excluding hydrogens is 292 g/mol. The van der Waals surface area contributed by atoms with Crippen LogP contribution in [0.15, 0.2) is 30.4 Å². The van der Waals surface area contributed by atoms with Gasteiger partial charge >= 0.3 is 6.09 Å². The summed E-state index contributed by atoms with van der Waals surface area (Å²) in [5, 5.41) is 16.0. The van der Waals surface area contributed by atoms with E-state index < -0.39 is 11.7 Å². The van der Waals surface area contributed by atoms with Crippen LogP contribution in [0, 0.1) is 0 Å². The summed E-state index contributed by atoms with van der Waals surface area (Å²) >= 11 is 0. The lowest BCUT2D eigenvalue weighted by Crippen LogP contribution is -2.32. The third-order valence-electron chi connectivity index (χ3n) is 3.66. The number of alkyl carbamates (subject to hydrolysis) is 1. The Labute approximate surface area is 137 Å². The Balaban J connectivity index is 1.69. The molecule has 0 heterocycles. The van der Waals surface area contributed by atoms with E-state index in [1.807, 2.05) is 39.0 Å². The molecule has 0 bridgehead atoms. The second kappa shape index (κ2) is 7.51. The lowest BCUT2D eigenvalue weighted by atomic mass is 10.1. The van der Waals surface area contributed by atoms with Gasteiger partial charge in [-0.2, -0.15) is 0 Å². The highest BCUT2D eigenvalue weighted by Gasteiger charge is 2.23. The topological polar surface area (TPSA) is 70.6 Å². The first-order valence-electron chi connectivity index (χ1n) is 8.03. The Morgan fingerprint density at radius 1 is 1.35 bits per heavy atom. The zero-order valence-electron chi connectivity index (χ0n) is 14.1. The minimum absolute atomic E-state index is 0.278. The summed E-state index contributed by atoms with van der Waals surface area (Å²) in [5.41, 5.74) is 1.77. The molecule has 0 fully saturated rings. The number of hydrogen-bond donors (Lipinski definition) is 3. The zero-order chi connectivity index (χ0) is 16.9. The number of phenolic OH excluding ortho intramolecular Hbond substituents is 1. The summed E-state index contributed by atoms with van der Waals surface area (Å²) in [6.45, 7) is 6.67. The molecule has 0 aromatic heterocycles. The van der Waals surface area contributed by atoms with Crippen molar-refractivity contribution in [1.29, 1.82) is 0 Å². The van der Waals surface area contributed by atoms with Crippen LogP contribution in [0.1, 0.15) is 44.4 Å². The number of aromatic hydroxyl groups is 1. The van der Waals surface area contributed by atoms with Crippen molar-refractivity contribution in [2.24, 2.45) is 0 Å². The highest BCUT2D eigenvalue weighted by Crippen LogP contribution is 2.35. The van der Waals surface area contributed by atoms with E-state index in [-0.39, 0.29) is 6.04 Å². The fraction of sp³-hybridized carbons (Fsp3) is 0.500. The third-order valence-corrected chi connectivity index (χ3v) is 3.66. The number of carbonyl (C=O) groups is 1. The van der Waals surface area contributed by atoms with E-state index in [1.54, 1.807) is 6.07 Å². The van der Waals surface area contributed by atoms with Gasteiger partial charge in [0.25, 0.3) is 0 Å². The quantitative estimate of drug-likeness (QED) is 0.730. The lowest BCUT2D eigenvalue weighted by molar-refractivity contribution is 0.0534. The van der Waals surface area contributed by atoms with E-state index in [0.717, 1.165) is 24.9 Å². The average Bonchev–Trinajstić information content (AvgIpc) is 2.85. The normalized spacial score (nSPS) is 17.3. The second-order valence-corrected chi connectivity index (χ2v) is 6.70. The van der Waals surface area contributed by atoms with Gasteiger partial charge in [-0.3, -0.25) is 0 Å². The molecular formula is C18H26N2O3. The Morgan fingerprint density at radius 3 is 2.83 bits per heavy atom. The van der Waals surface area contributed by atoms with Gasteiger partial charge in [-0.1, -0.05) is 24.3 Å². The van der Waals surface area contributed by atoms with Crippen LogP contribution >= 0.6 is 0 Å². The van der Waals surface area contributed by atoms with Crippen molar-refractivity contribution in [3.8, 4) is 5.75 Å². The summed E-state index contributed by atoms with van der Waals surface area (Å²) in [5.74, 6) is 0.393. The van der Waals surface area contributed by atoms with Crippen LogP contribution in [0.5, 0.6) is 5.75 Å². The highest BCUT2D eigenvalue weighted by atomic mass is 16.6. The van der Waals surface area contributed by atoms with Gasteiger partial charge in [0.15, 0.2) is 0 Å². The molecule has 1 amide bonds. The predicted molar refractivity (Wildman–Crippen MR) is 90.5 cm³/mol. The van der Waals surface area contributed by atoms with Gasteiger partial charge in [0.05, 0.1) is 0 Å². The molecule has 126 valence electrons. The number of phenols is 1. The van der Waals surface area contributed by atoms with E-state index in [2.05, 4.69) is 16.7 Å². The van der Waals surface area contributed by atoms with Gasteiger partial charge in [-0.25, -0.2) is 4.79 Å². The minimum Gasteiger partial charge on any atom is -0.508 e. The fourth-order valence-corrected chi connectivity index (χ4v) is 2.68. The van der Waals surface area contributed by atoms with Crippen molar-refractivity contribution < 1.29 is 14.6 Å². The maximum absolute atomic E-state index is 11.5. The summed E-state index contributed by atoms with van der Waals surface area (Å²) < 4.78 is 5.15. The number of benzene rings is 1. The first-order valence-corrected chi connectivity index (χ1v) is 8.03. The SMILES string of the molecule is CC(C)(C)OC(=O)NC/C=C/CNC1CCc2c(O)cccc21. The molecule has 0 aliphatic heterocycles. The molecule has 5 heteroatoms. The second-order valence-electron chi connectivity index (χ2n) is 6.70. The molecule has 1 unspecified atom stereocenters. The van der Waals surface area contributed by atoms with Crippen LogP contribution in [0.4, 0.5) is 4.79 Å². The number of hydrogen-bond acceptors (Lipinski definition) is 4. The maximum Gasteiger partial charge on any atom is 0.407 e. The number of ether oxygens (including phenoxy) is 1. The van der Waals surface area contributed by atoms with E-state index in [0.29, 0.717) is 12.3 Å². The summed E-state index contributed by atoms with van der Waals surface area (Å²) in [7, 11) is 0. The molecule has 0 radical (unpaired) electrons. The first kappa shape index (κ1) is 17.3. The Kier molecular flexibility index (Phi) is 5.66. The van der Waals surface area contributed by atoms with Crippen molar-refractivity contribution >= 4 is 6.09 Å². The molecule has 1 aliphatic carbocycles. The monoisotopic (exact) mass is 318 g/mol. The number of rotatable bonds is 5. The number of fused-ring (bicyclic) bond motifs is 1. The van der Waals surface area contributed by atoms with Crippen LogP contribution in [0.2, 0.25) is 0 Å². The van der Waals surface area contributed by atoms with Gasteiger partial charge in [0.2, 0.25) is 0 Å². The van der Waals surface area contributed by atoms with E-state index in [9.17, 15) is 9.90 Å². The van der Waals surface area contributed by atoms with Crippen molar-refractivity contribution in [3.05, 3.63) is 41.5 Å². The molecule has 1 atom stereocenters. The molecule has 0 saturated heterocycles. The zero-order valence-corrected chi connectivity index (χ0v) is 14.1. The molecule has 3 N–H and O–H groups in total. The molecule has 23 heavy (non-hydrogen) atoms. The summed E-state index contributed by atoms with van der Waals surface area (Å²) in [6, 6.07) is 5.96. The average molecular weight is 318 g/mol. The molecule has 0 saturated carbocycles. The molecule has 2 rings (SSSR count). The molecule has 0 spiro atoms. The summed E-state index contributed by atoms with van der Waals surface area (Å²) in [4.78, 5) is 11.5. The standard InChI is InChI=1S/C18H26N2O3/c1-18(2,3)23-17(22)20-12-5-4-11-19-15-10-9-14-13(15)7-6-8-16(14)21/h4-8,15,19,21H,9-12H2,1-3H3,(H,20,22)/b5-4+. The molecule has 5 nitrogen and oxygen atoms in total.